The van der Waals surface area contributed by atoms with Crippen molar-refractivity contribution in [1.29, 1.82) is 0 Å². The lowest BCUT2D eigenvalue weighted by Gasteiger charge is -2.43. The predicted molar refractivity (Wildman–Crippen MR) is 163 cm³/mol. The number of anilines is 1. The number of fused-ring (bicyclic) bond motifs is 1. The molecule has 2 aliphatic rings. The highest BCUT2D eigenvalue weighted by Crippen LogP contribution is 2.58. The predicted octanol–water partition coefficient (Wildman–Crippen LogP) is 6.83. The first-order chi connectivity index (χ1) is 20.4. The van der Waals surface area contributed by atoms with Gasteiger partial charge in [0.1, 0.15) is 18.1 Å². The molecule has 0 bridgehead atoms. The largest absolute Gasteiger partial charge is 0.508 e. The van der Waals surface area contributed by atoms with Crippen LogP contribution in [0.15, 0.2) is 127 Å². The standard InChI is InChI=1S/C36H32N2O4/c1-3-26-16-21-31-34(40)38(37-28-17-14-24(2)15-18-28)35(41)36(31,27-12-8-5-9-13-27)33(26)30-20-19-29(22-32(30)39)42-23-25-10-6-4-7-11-25/h3-20,22,31,33,37,39H,1,21,23H2,2H3. The number of aryl methyl sites for hydroxylation is 1. The summed E-state index contributed by atoms with van der Waals surface area (Å²) in [5.41, 5.74) is 6.51. The van der Waals surface area contributed by atoms with Crippen LogP contribution in [0.5, 0.6) is 11.5 Å². The first kappa shape index (κ1) is 27.1. The number of carbonyl (C=O) groups is 2. The summed E-state index contributed by atoms with van der Waals surface area (Å²) >= 11 is 0. The van der Waals surface area contributed by atoms with Gasteiger partial charge in [0, 0.05) is 17.5 Å². The van der Waals surface area contributed by atoms with Gasteiger partial charge >= 0.3 is 0 Å². The number of amides is 2. The number of hydrogen-bond acceptors (Lipinski definition) is 5. The molecule has 1 fully saturated rings. The van der Waals surface area contributed by atoms with E-state index in [9.17, 15) is 14.7 Å². The van der Waals surface area contributed by atoms with Crippen LogP contribution in [0.25, 0.3) is 0 Å². The van der Waals surface area contributed by atoms with Crippen LogP contribution in [0.4, 0.5) is 5.69 Å². The number of nitrogens with one attached hydrogen (secondary N) is 1. The molecular formula is C36H32N2O4. The fourth-order valence-electron chi connectivity index (χ4n) is 6.32. The fraction of sp³-hybridized carbons (Fsp3) is 0.167. The van der Waals surface area contributed by atoms with Crippen LogP contribution < -0.4 is 10.2 Å². The molecule has 4 aromatic rings. The molecule has 0 aromatic heterocycles. The zero-order valence-corrected chi connectivity index (χ0v) is 23.4. The maximum absolute atomic E-state index is 14.7. The van der Waals surface area contributed by atoms with Crippen molar-refractivity contribution < 1.29 is 19.4 Å². The summed E-state index contributed by atoms with van der Waals surface area (Å²) in [5, 5.41) is 12.6. The number of allylic oxidation sites excluding steroid dienone is 3. The van der Waals surface area contributed by atoms with E-state index in [2.05, 4.69) is 12.0 Å². The Hall–Kier alpha value is -5.10. The maximum atomic E-state index is 14.7. The lowest BCUT2D eigenvalue weighted by atomic mass is 9.56. The lowest BCUT2D eigenvalue weighted by molar-refractivity contribution is -0.138. The van der Waals surface area contributed by atoms with E-state index >= 15 is 0 Å². The number of phenols is 1. The molecule has 210 valence electrons. The number of rotatable bonds is 8. The molecule has 6 rings (SSSR count). The third kappa shape index (κ3) is 4.55. The van der Waals surface area contributed by atoms with Crippen molar-refractivity contribution in [3.05, 3.63) is 150 Å². The highest BCUT2D eigenvalue weighted by atomic mass is 16.5. The molecule has 1 heterocycles. The summed E-state index contributed by atoms with van der Waals surface area (Å²) in [7, 11) is 0. The van der Waals surface area contributed by atoms with Crippen molar-refractivity contribution in [3.8, 4) is 11.5 Å². The van der Waals surface area contributed by atoms with Crippen molar-refractivity contribution >= 4 is 17.5 Å². The lowest BCUT2D eigenvalue weighted by Crippen LogP contribution is -2.48. The van der Waals surface area contributed by atoms with Gasteiger partial charge < -0.3 is 9.84 Å². The van der Waals surface area contributed by atoms with E-state index in [-0.39, 0.29) is 17.6 Å². The van der Waals surface area contributed by atoms with E-state index in [1.807, 2.05) is 97.9 Å². The van der Waals surface area contributed by atoms with Crippen molar-refractivity contribution in [2.24, 2.45) is 5.92 Å². The molecule has 42 heavy (non-hydrogen) atoms. The number of hydrogen-bond donors (Lipinski definition) is 2. The van der Waals surface area contributed by atoms with Crippen LogP contribution in [0.1, 0.15) is 34.6 Å². The van der Waals surface area contributed by atoms with E-state index in [4.69, 9.17) is 4.74 Å². The van der Waals surface area contributed by atoms with Crippen LogP contribution in [0.3, 0.4) is 0 Å². The first-order valence-corrected chi connectivity index (χ1v) is 14.0. The van der Waals surface area contributed by atoms with Crippen LogP contribution in [0, 0.1) is 12.8 Å². The molecule has 6 nitrogen and oxygen atoms in total. The number of carbonyl (C=O) groups excluding carboxylic acids is 2. The quantitative estimate of drug-likeness (QED) is 0.233. The molecule has 1 aliphatic heterocycles. The number of benzene rings is 4. The maximum Gasteiger partial charge on any atom is 0.260 e. The van der Waals surface area contributed by atoms with Gasteiger partial charge in [-0.15, -0.1) is 0 Å². The Morgan fingerprint density at radius 2 is 1.67 bits per heavy atom. The van der Waals surface area contributed by atoms with Gasteiger partial charge in [-0.2, -0.15) is 5.01 Å². The number of phenolic OH excluding ortho intramolecular Hbond substituents is 1. The normalized spacial score (nSPS) is 21.5. The number of nitrogens with zero attached hydrogens (tertiary/aromatic N) is 1. The van der Waals surface area contributed by atoms with Crippen LogP contribution >= 0.6 is 0 Å². The molecule has 1 aliphatic carbocycles. The average Bonchev–Trinajstić information content (AvgIpc) is 3.24. The summed E-state index contributed by atoms with van der Waals surface area (Å²) in [5.74, 6) is -1.55. The van der Waals surface area contributed by atoms with E-state index in [0.29, 0.717) is 35.6 Å². The van der Waals surface area contributed by atoms with Crippen molar-refractivity contribution in [3.63, 3.8) is 0 Å². The molecule has 1 saturated heterocycles. The van der Waals surface area contributed by atoms with Crippen LogP contribution in [0.2, 0.25) is 0 Å². The van der Waals surface area contributed by atoms with Gasteiger partial charge in [0.25, 0.3) is 11.8 Å². The SMILES string of the molecule is C=CC1=CCC2C(=O)N(Nc3ccc(C)cc3)C(=O)C2(c2ccccc2)C1c1ccc(OCc2ccccc2)cc1O. The summed E-state index contributed by atoms with van der Waals surface area (Å²) in [6, 6.07) is 31.9. The smallest absolute Gasteiger partial charge is 0.260 e. The summed E-state index contributed by atoms with van der Waals surface area (Å²) in [6.45, 7) is 6.38. The minimum Gasteiger partial charge on any atom is -0.508 e. The van der Waals surface area contributed by atoms with Gasteiger partial charge in [-0.3, -0.25) is 15.0 Å². The third-order valence-electron chi connectivity index (χ3n) is 8.34. The fourth-order valence-corrected chi connectivity index (χ4v) is 6.32. The molecule has 3 atom stereocenters. The molecular weight excluding hydrogens is 524 g/mol. The minimum atomic E-state index is -1.31. The van der Waals surface area contributed by atoms with E-state index in [0.717, 1.165) is 21.7 Å². The van der Waals surface area contributed by atoms with Crippen LogP contribution in [-0.4, -0.2) is 21.9 Å². The minimum absolute atomic E-state index is 0.0144. The van der Waals surface area contributed by atoms with Crippen molar-refractivity contribution in [1.82, 2.24) is 5.01 Å². The molecule has 0 spiro atoms. The van der Waals surface area contributed by atoms with E-state index in [1.165, 1.54) is 0 Å². The monoisotopic (exact) mass is 556 g/mol. The Kier molecular flexibility index (Phi) is 7.13. The average molecular weight is 557 g/mol. The highest BCUT2D eigenvalue weighted by molar-refractivity contribution is 6.12. The molecule has 6 heteroatoms. The van der Waals surface area contributed by atoms with Gasteiger partial charge in [-0.05, 0) is 48.2 Å². The second-order valence-electron chi connectivity index (χ2n) is 10.8. The zero-order valence-electron chi connectivity index (χ0n) is 23.4. The molecule has 4 aromatic carbocycles. The second-order valence-corrected chi connectivity index (χ2v) is 10.8. The van der Waals surface area contributed by atoms with Crippen molar-refractivity contribution in [2.75, 3.05) is 5.43 Å². The number of imide groups is 1. The second kappa shape index (κ2) is 11.1. The molecule has 2 amide bonds. The van der Waals surface area contributed by atoms with Crippen molar-refractivity contribution in [2.45, 2.75) is 31.3 Å². The van der Waals surface area contributed by atoms with Gasteiger partial charge in [-0.1, -0.05) is 103 Å². The number of hydrazine groups is 1. The zero-order chi connectivity index (χ0) is 29.3. The first-order valence-electron chi connectivity index (χ1n) is 14.0. The summed E-state index contributed by atoms with van der Waals surface area (Å²) in [4.78, 5) is 28.7. The molecule has 2 N–H and O–H groups in total. The molecule has 0 radical (unpaired) electrons. The number of ether oxygens (including phenoxy) is 1. The van der Waals surface area contributed by atoms with Gasteiger partial charge in [0.05, 0.1) is 17.0 Å². The molecule has 3 unspecified atom stereocenters. The van der Waals surface area contributed by atoms with Crippen LogP contribution in [-0.2, 0) is 21.6 Å². The summed E-state index contributed by atoms with van der Waals surface area (Å²) < 4.78 is 5.96. The Morgan fingerprint density at radius 1 is 0.976 bits per heavy atom. The third-order valence-corrected chi connectivity index (χ3v) is 8.34. The Bertz CT molecular complexity index is 1660. The van der Waals surface area contributed by atoms with Gasteiger partial charge in [0.2, 0.25) is 0 Å². The highest BCUT2D eigenvalue weighted by Gasteiger charge is 2.66. The molecule has 0 saturated carbocycles. The summed E-state index contributed by atoms with van der Waals surface area (Å²) in [6.07, 6.45) is 4.05. The van der Waals surface area contributed by atoms with E-state index < -0.39 is 17.3 Å². The Balaban J connectivity index is 1.44. The number of aromatic hydroxyl groups is 1. The Morgan fingerprint density at radius 3 is 2.33 bits per heavy atom. The Labute approximate surface area is 245 Å². The van der Waals surface area contributed by atoms with E-state index in [1.54, 1.807) is 24.3 Å². The van der Waals surface area contributed by atoms with Gasteiger partial charge in [-0.25, -0.2) is 0 Å². The van der Waals surface area contributed by atoms with Gasteiger partial charge in [0.15, 0.2) is 0 Å². The topological polar surface area (TPSA) is 78.9 Å².